The van der Waals surface area contributed by atoms with Gasteiger partial charge in [0.15, 0.2) is 0 Å². The van der Waals surface area contributed by atoms with E-state index in [1.165, 1.54) is 12.1 Å². The van der Waals surface area contributed by atoms with Crippen LogP contribution in [0.25, 0.3) is 0 Å². The summed E-state index contributed by atoms with van der Waals surface area (Å²) in [5.74, 6) is -1.02. The summed E-state index contributed by atoms with van der Waals surface area (Å²) in [6.07, 6.45) is 3.38. The molecule has 1 amide bonds. The molecule has 2 aromatic carbocycles. The van der Waals surface area contributed by atoms with Crippen molar-refractivity contribution in [1.29, 1.82) is 0 Å². The second kappa shape index (κ2) is 10.5. The molecule has 0 aliphatic heterocycles. The van der Waals surface area contributed by atoms with Gasteiger partial charge < -0.3 is 10.1 Å². The van der Waals surface area contributed by atoms with Crippen molar-refractivity contribution in [3.63, 3.8) is 0 Å². The van der Waals surface area contributed by atoms with Crippen molar-refractivity contribution in [2.24, 2.45) is 0 Å². The molecular weight excluding hydrogens is 414 g/mol. The summed E-state index contributed by atoms with van der Waals surface area (Å²) in [6.45, 7) is 14.0. The van der Waals surface area contributed by atoms with Crippen LogP contribution in [-0.4, -0.2) is 39.1 Å². The molecule has 1 unspecified atom stereocenters. The number of halogens is 2. The molecule has 166 valence electrons. The van der Waals surface area contributed by atoms with Crippen LogP contribution in [0.1, 0.15) is 11.6 Å². The van der Waals surface area contributed by atoms with Crippen LogP contribution in [0.3, 0.4) is 0 Å². The maximum Gasteiger partial charge on any atom is 0.246 e. The summed E-state index contributed by atoms with van der Waals surface area (Å²) >= 11 is 0. The third-order valence-corrected chi connectivity index (χ3v) is 6.81. The summed E-state index contributed by atoms with van der Waals surface area (Å²) in [6, 6.07) is 8.76. The fourth-order valence-corrected chi connectivity index (χ4v) is 5.08. The van der Waals surface area contributed by atoms with E-state index < -0.39 is 31.7 Å². The Kier molecular flexibility index (Phi) is 8.30. The maximum atomic E-state index is 14.7. The van der Waals surface area contributed by atoms with E-state index in [0.717, 1.165) is 0 Å². The van der Waals surface area contributed by atoms with Gasteiger partial charge in [0.25, 0.3) is 0 Å². The van der Waals surface area contributed by atoms with E-state index in [-0.39, 0.29) is 10.9 Å². The largest absolute Gasteiger partial charge is 0.497 e. The molecule has 0 saturated carbocycles. The average Bonchev–Trinajstić information content (AvgIpc) is 2.67. The van der Waals surface area contributed by atoms with Crippen LogP contribution in [0.4, 0.5) is 14.5 Å². The fourth-order valence-electron chi connectivity index (χ4n) is 3.50. The number of benzene rings is 2. The monoisotopic (exact) mass is 444 g/mol. The topological polar surface area (TPSA) is 41.6 Å². The van der Waals surface area contributed by atoms with E-state index in [9.17, 15) is 13.6 Å². The summed E-state index contributed by atoms with van der Waals surface area (Å²) in [7, 11) is -0.650. The van der Waals surface area contributed by atoms with Gasteiger partial charge in [0.1, 0.15) is 23.4 Å². The van der Waals surface area contributed by atoms with Crippen molar-refractivity contribution >= 4 is 24.9 Å². The molecular formula is C24H30F2N2O2Si. The van der Waals surface area contributed by atoms with Gasteiger partial charge in [-0.2, -0.15) is 0 Å². The number of carbonyl (C=O) groups is 1. The Bertz CT molecular complexity index is 907. The Morgan fingerprint density at radius 3 is 2.03 bits per heavy atom. The Balaban J connectivity index is 2.42. The standard InChI is InChI=1S/C24H30F2N2O2Si/c1-7-13-28(14-8-2)22(17-9-11-19(30-3)12-10-17)24(29)27-18-15-20(25)23(21(26)16-18)31(4,5)6/h7-12,15-16,22H,1-2,13-14H2,3-6H3,(H,27,29). The highest BCUT2D eigenvalue weighted by Crippen LogP contribution is 2.26. The molecule has 0 radical (unpaired) electrons. The smallest absolute Gasteiger partial charge is 0.246 e. The van der Waals surface area contributed by atoms with Gasteiger partial charge in [0.05, 0.1) is 15.2 Å². The zero-order valence-electron chi connectivity index (χ0n) is 18.5. The van der Waals surface area contributed by atoms with E-state index >= 15 is 0 Å². The Morgan fingerprint density at radius 1 is 1.10 bits per heavy atom. The molecule has 2 rings (SSSR count). The zero-order valence-corrected chi connectivity index (χ0v) is 19.5. The quantitative estimate of drug-likeness (QED) is 0.420. The predicted molar refractivity (Wildman–Crippen MR) is 126 cm³/mol. The number of hydrogen-bond acceptors (Lipinski definition) is 3. The maximum absolute atomic E-state index is 14.7. The van der Waals surface area contributed by atoms with Crippen LogP contribution in [-0.2, 0) is 4.79 Å². The lowest BCUT2D eigenvalue weighted by Gasteiger charge is -2.29. The van der Waals surface area contributed by atoms with Gasteiger partial charge in [-0.3, -0.25) is 9.69 Å². The molecule has 1 atom stereocenters. The minimum absolute atomic E-state index is 0.0812. The summed E-state index contributed by atoms with van der Waals surface area (Å²) < 4.78 is 34.5. The average molecular weight is 445 g/mol. The minimum atomic E-state index is -2.21. The number of methoxy groups -OCH3 is 1. The Morgan fingerprint density at radius 2 is 1.61 bits per heavy atom. The van der Waals surface area contributed by atoms with Gasteiger partial charge >= 0.3 is 0 Å². The van der Waals surface area contributed by atoms with Crippen molar-refractivity contribution in [3.05, 3.63) is 78.9 Å². The van der Waals surface area contributed by atoms with Crippen molar-refractivity contribution in [2.75, 3.05) is 25.5 Å². The summed E-state index contributed by atoms with van der Waals surface area (Å²) in [5.41, 5.74) is 0.791. The molecule has 31 heavy (non-hydrogen) atoms. The number of carbonyl (C=O) groups excluding carboxylic acids is 1. The molecule has 7 heteroatoms. The lowest BCUT2D eigenvalue weighted by molar-refractivity contribution is -0.121. The molecule has 0 aliphatic carbocycles. The molecule has 0 bridgehead atoms. The van der Waals surface area contributed by atoms with E-state index in [0.29, 0.717) is 24.4 Å². The van der Waals surface area contributed by atoms with E-state index in [1.807, 2.05) is 24.5 Å². The highest BCUT2D eigenvalue weighted by atomic mass is 28.3. The molecule has 0 fully saturated rings. The second-order valence-corrected chi connectivity index (χ2v) is 13.3. The van der Waals surface area contributed by atoms with Crippen molar-refractivity contribution in [3.8, 4) is 5.75 Å². The van der Waals surface area contributed by atoms with Crippen LogP contribution in [0.15, 0.2) is 61.7 Å². The Labute approximate surface area is 184 Å². The summed E-state index contributed by atoms with van der Waals surface area (Å²) in [4.78, 5) is 15.1. The van der Waals surface area contributed by atoms with E-state index in [2.05, 4.69) is 18.5 Å². The Hall–Kier alpha value is -2.77. The first-order chi connectivity index (χ1) is 14.6. The molecule has 0 spiro atoms. The van der Waals surface area contributed by atoms with Crippen molar-refractivity contribution < 1.29 is 18.3 Å². The van der Waals surface area contributed by atoms with Crippen LogP contribution in [0, 0.1) is 11.6 Å². The van der Waals surface area contributed by atoms with Crippen LogP contribution in [0.2, 0.25) is 19.6 Å². The third kappa shape index (κ3) is 6.12. The number of anilines is 1. The first-order valence-electron chi connectivity index (χ1n) is 10.0. The van der Waals surface area contributed by atoms with Gasteiger partial charge in [0, 0.05) is 24.0 Å². The molecule has 0 heterocycles. The minimum Gasteiger partial charge on any atom is -0.497 e. The third-order valence-electron chi connectivity index (χ3n) is 4.83. The van der Waals surface area contributed by atoms with Gasteiger partial charge in [-0.25, -0.2) is 8.78 Å². The SMILES string of the molecule is C=CCN(CC=C)C(C(=O)Nc1cc(F)c([Si](C)(C)C)c(F)c1)c1ccc(OC)cc1. The summed E-state index contributed by atoms with van der Waals surface area (Å²) in [5, 5.41) is 2.80. The molecule has 0 aliphatic rings. The van der Waals surface area contributed by atoms with Crippen molar-refractivity contribution in [2.45, 2.75) is 25.7 Å². The first kappa shape index (κ1) is 24.5. The number of hydrogen-bond donors (Lipinski definition) is 1. The van der Waals surface area contributed by atoms with Gasteiger partial charge in [-0.15, -0.1) is 13.2 Å². The van der Waals surface area contributed by atoms with Gasteiger partial charge in [0.2, 0.25) is 5.91 Å². The molecule has 4 nitrogen and oxygen atoms in total. The van der Waals surface area contributed by atoms with Gasteiger partial charge in [-0.1, -0.05) is 43.9 Å². The van der Waals surface area contributed by atoms with Crippen LogP contribution < -0.4 is 15.2 Å². The highest BCUT2D eigenvalue weighted by Gasteiger charge is 2.29. The number of rotatable bonds is 10. The van der Waals surface area contributed by atoms with Crippen LogP contribution in [0.5, 0.6) is 5.75 Å². The number of nitrogens with zero attached hydrogens (tertiary/aromatic N) is 1. The zero-order chi connectivity index (χ0) is 23.2. The molecule has 0 saturated heterocycles. The predicted octanol–water partition coefficient (Wildman–Crippen LogP) is 4.87. The first-order valence-corrected chi connectivity index (χ1v) is 13.5. The molecule has 0 aromatic heterocycles. The number of ether oxygens (including phenoxy) is 1. The number of amides is 1. The normalized spacial score (nSPS) is 12.4. The second-order valence-electron chi connectivity index (χ2n) is 8.26. The van der Waals surface area contributed by atoms with Crippen molar-refractivity contribution in [1.82, 2.24) is 4.90 Å². The molecule has 2 aromatic rings. The molecule has 1 N–H and O–H groups in total. The highest BCUT2D eigenvalue weighted by molar-refractivity contribution is 6.88. The lowest BCUT2D eigenvalue weighted by atomic mass is 10.0. The lowest BCUT2D eigenvalue weighted by Crippen LogP contribution is -2.42. The fraction of sp³-hybridized carbons (Fsp3) is 0.292. The number of nitrogens with one attached hydrogen (secondary N) is 1. The van der Waals surface area contributed by atoms with Gasteiger partial charge in [-0.05, 0) is 29.8 Å². The van der Waals surface area contributed by atoms with E-state index in [1.54, 1.807) is 43.5 Å². The van der Waals surface area contributed by atoms with Crippen LogP contribution >= 0.6 is 0 Å². The van der Waals surface area contributed by atoms with E-state index in [4.69, 9.17) is 4.74 Å².